The molecule has 0 saturated heterocycles. The van der Waals surface area contributed by atoms with Crippen LogP contribution in [0.5, 0.6) is 0 Å². The van der Waals surface area contributed by atoms with Crippen molar-refractivity contribution in [2.75, 3.05) is 7.05 Å². The monoisotopic (exact) mass is 299 g/mol. The van der Waals surface area contributed by atoms with Gasteiger partial charge in [-0.2, -0.15) is 5.10 Å². The lowest BCUT2D eigenvalue weighted by atomic mass is 10.1. The number of nitrogens with one attached hydrogen (secondary N) is 1. The molecule has 104 valence electrons. The van der Waals surface area contributed by atoms with Crippen LogP contribution in [0, 0.1) is 0 Å². The third-order valence-corrected chi connectivity index (χ3v) is 4.15. The van der Waals surface area contributed by atoms with Crippen molar-refractivity contribution in [3.63, 3.8) is 0 Å². The molecule has 2 rings (SSSR count). The molecule has 7 heteroatoms. The lowest BCUT2D eigenvalue weighted by molar-refractivity contribution is 0.564. The van der Waals surface area contributed by atoms with E-state index in [1.807, 2.05) is 11.7 Å². The van der Waals surface area contributed by atoms with Gasteiger partial charge in [0.25, 0.3) is 0 Å². The van der Waals surface area contributed by atoms with E-state index >= 15 is 0 Å². The number of nitrogens with zero attached hydrogens (tertiary/aromatic N) is 4. The second kappa shape index (κ2) is 6.45. The molecule has 19 heavy (non-hydrogen) atoms. The molecular weight excluding hydrogens is 282 g/mol. The molecule has 1 N–H and O–H groups in total. The van der Waals surface area contributed by atoms with Crippen molar-refractivity contribution in [1.82, 2.24) is 24.7 Å². The Labute approximate surface area is 122 Å². The van der Waals surface area contributed by atoms with E-state index in [-0.39, 0.29) is 6.04 Å². The summed E-state index contributed by atoms with van der Waals surface area (Å²) in [4.78, 5) is 1.13. The van der Waals surface area contributed by atoms with Crippen LogP contribution in [0.4, 0.5) is 0 Å². The normalized spacial score (nSPS) is 12.8. The Morgan fingerprint density at radius 2 is 2.26 bits per heavy atom. The minimum Gasteiger partial charge on any atom is -0.307 e. The highest BCUT2D eigenvalue weighted by Crippen LogP contribution is 2.31. The van der Waals surface area contributed by atoms with Gasteiger partial charge in [-0.3, -0.25) is 4.68 Å². The first-order chi connectivity index (χ1) is 9.22. The summed E-state index contributed by atoms with van der Waals surface area (Å²) in [6.07, 6.45) is 3.68. The Bertz CT molecular complexity index is 536. The minimum atomic E-state index is -0.00324. The van der Waals surface area contributed by atoms with E-state index in [1.165, 1.54) is 11.5 Å². The standard InChI is InChI=1S/C12H18ClN5S/c1-4-6-9-12(19-17-16-9)10(14-3)11-8(13)7-15-18(11)5-2/h7,10,14H,4-6H2,1-3H3. The fourth-order valence-electron chi connectivity index (χ4n) is 2.15. The first-order valence-corrected chi connectivity index (χ1v) is 7.57. The van der Waals surface area contributed by atoms with Crippen LogP contribution in [0.3, 0.4) is 0 Å². The number of halogens is 1. The third kappa shape index (κ3) is 2.80. The molecule has 0 aliphatic heterocycles. The van der Waals surface area contributed by atoms with Gasteiger partial charge in [0.1, 0.15) is 0 Å². The summed E-state index contributed by atoms with van der Waals surface area (Å²) in [6, 6.07) is -0.00324. The van der Waals surface area contributed by atoms with E-state index in [1.54, 1.807) is 6.20 Å². The molecule has 0 aliphatic carbocycles. The summed E-state index contributed by atoms with van der Waals surface area (Å²) in [7, 11) is 1.92. The van der Waals surface area contributed by atoms with Crippen molar-refractivity contribution >= 4 is 23.1 Å². The smallest absolute Gasteiger partial charge is 0.0890 e. The average molecular weight is 300 g/mol. The molecular formula is C12H18ClN5S. The lowest BCUT2D eigenvalue weighted by Crippen LogP contribution is -2.22. The molecule has 1 atom stereocenters. The molecule has 0 aromatic carbocycles. The van der Waals surface area contributed by atoms with Crippen molar-refractivity contribution in [2.45, 2.75) is 39.3 Å². The summed E-state index contributed by atoms with van der Waals surface area (Å²) in [5.74, 6) is 0. The molecule has 2 heterocycles. The molecule has 2 aromatic heterocycles. The molecule has 5 nitrogen and oxygen atoms in total. The maximum Gasteiger partial charge on any atom is 0.0890 e. The van der Waals surface area contributed by atoms with Crippen molar-refractivity contribution in [2.24, 2.45) is 0 Å². The van der Waals surface area contributed by atoms with Gasteiger partial charge >= 0.3 is 0 Å². The summed E-state index contributed by atoms with van der Waals surface area (Å²) in [5, 5.41) is 12.5. The van der Waals surface area contributed by atoms with E-state index in [0.717, 1.165) is 35.7 Å². The Morgan fingerprint density at radius 3 is 2.89 bits per heavy atom. The highest BCUT2D eigenvalue weighted by atomic mass is 35.5. The lowest BCUT2D eigenvalue weighted by Gasteiger charge is -2.17. The number of aryl methyl sites for hydroxylation is 2. The predicted molar refractivity (Wildman–Crippen MR) is 77.7 cm³/mol. The van der Waals surface area contributed by atoms with Crippen LogP contribution < -0.4 is 5.32 Å². The van der Waals surface area contributed by atoms with Gasteiger partial charge in [-0.25, -0.2) is 0 Å². The molecule has 0 fully saturated rings. The van der Waals surface area contributed by atoms with Crippen LogP contribution in [-0.2, 0) is 13.0 Å². The average Bonchev–Trinajstić information content (AvgIpc) is 3.00. The predicted octanol–water partition coefficient (Wildman–Crippen LogP) is 2.67. The third-order valence-electron chi connectivity index (χ3n) is 3.03. The van der Waals surface area contributed by atoms with Crippen LogP contribution in [0.2, 0.25) is 5.02 Å². The fourth-order valence-corrected chi connectivity index (χ4v) is 3.21. The van der Waals surface area contributed by atoms with Crippen LogP contribution in [-0.4, -0.2) is 26.4 Å². The summed E-state index contributed by atoms with van der Waals surface area (Å²) in [5.41, 5.74) is 2.03. The highest BCUT2D eigenvalue weighted by Gasteiger charge is 2.25. The van der Waals surface area contributed by atoms with Gasteiger partial charge in [0.15, 0.2) is 0 Å². The Morgan fingerprint density at radius 1 is 1.47 bits per heavy atom. The van der Waals surface area contributed by atoms with Gasteiger partial charge in [0.2, 0.25) is 0 Å². The van der Waals surface area contributed by atoms with E-state index in [0.29, 0.717) is 5.02 Å². The van der Waals surface area contributed by atoms with Crippen LogP contribution >= 0.6 is 23.1 Å². The van der Waals surface area contributed by atoms with Crippen molar-refractivity contribution in [1.29, 1.82) is 0 Å². The van der Waals surface area contributed by atoms with E-state index in [9.17, 15) is 0 Å². The van der Waals surface area contributed by atoms with Crippen LogP contribution in [0.15, 0.2) is 6.20 Å². The quantitative estimate of drug-likeness (QED) is 0.891. The maximum absolute atomic E-state index is 6.28. The summed E-state index contributed by atoms with van der Waals surface area (Å²) < 4.78 is 6.00. The van der Waals surface area contributed by atoms with Gasteiger partial charge in [-0.05, 0) is 31.9 Å². The molecule has 0 saturated carbocycles. The molecule has 0 radical (unpaired) electrons. The number of aromatic nitrogens is 4. The van der Waals surface area contributed by atoms with E-state index in [4.69, 9.17) is 11.6 Å². The SMILES string of the molecule is CCCc1nnsc1C(NC)c1c(Cl)cnn1CC. The molecule has 2 aromatic rings. The largest absolute Gasteiger partial charge is 0.307 e. The zero-order chi connectivity index (χ0) is 13.8. The van der Waals surface area contributed by atoms with Gasteiger partial charge in [-0.15, -0.1) is 5.10 Å². The zero-order valence-electron chi connectivity index (χ0n) is 11.4. The minimum absolute atomic E-state index is 0.00324. The molecule has 0 aliphatic rings. The second-order valence-corrected chi connectivity index (χ2v) is 5.44. The Balaban J connectivity index is 2.44. The molecule has 0 spiro atoms. The highest BCUT2D eigenvalue weighted by molar-refractivity contribution is 7.05. The van der Waals surface area contributed by atoms with Crippen molar-refractivity contribution < 1.29 is 0 Å². The van der Waals surface area contributed by atoms with Gasteiger partial charge < -0.3 is 5.32 Å². The van der Waals surface area contributed by atoms with Crippen molar-refractivity contribution in [3.8, 4) is 0 Å². The number of hydrogen-bond donors (Lipinski definition) is 1. The molecule has 1 unspecified atom stereocenters. The van der Waals surface area contributed by atoms with Gasteiger partial charge in [0, 0.05) is 6.54 Å². The zero-order valence-corrected chi connectivity index (χ0v) is 12.9. The van der Waals surface area contributed by atoms with Gasteiger partial charge in [0.05, 0.1) is 33.5 Å². The maximum atomic E-state index is 6.28. The van der Waals surface area contributed by atoms with Gasteiger partial charge in [-0.1, -0.05) is 29.4 Å². The second-order valence-electron chi connectivity index (χ2n) is 4.25. The number of rotatable bonds is 6. The van der Waals surface area contributed by atoms with E-state index < -0.39 is 0 Å². The molecule has 0 amide bonds. The summed E-state index contributed by atoms with van der Waals surface area (Å²) in [6.45, 7) is 4.98. The summed E-state index contributed by atoms with van der Waals surface area (Å²) >= 11 is 7.71. The Kier molecular flexibility index (Phi) is 4.90. The first-order valence-electron chi connectivity index (χ1n) is 6.42. The number of hydrogen-bond acceptors (Lipinski definition) is 5. The van der Waals surface area contributed by atoms with E-state index in [2.05, 4.69) is 33.8 Å². The topological polar surface area (TPSA) is 55.6 Å². The van der Waals surface area contributed by atoms with Crippen LogP contribution in [0.25, 0.3) is 0 Å². The van der Waals surface area contributed by atoms with Crippen LogP contribution in [0.1, 0.15) is 42.6 Å². The fraction of sp³-hybridized carbons (Fsp3) is 0.583. The van der Waals surface area contributed by atoms with Crippen molar-refractivity contribution in [3.05, 3.63) is 27.5 Å². The first kappa shape index (κ1) is 14.4. The molecule has 0 bridgehead atoms. The Hall–Kier alpha value is -0.980.